The van der Waals surface area contributed by atoms with Gasteiger partial charge in [0.15, 0.2) is 0 Å². The maximum Gasteiger partial charge on any atom is 0.338 e. The molecule has 1 amide bonds. The minimum absolute atomic E-state index is 0.281. The lowest BCUT2D eigenvalue weighted by molar-refractivity contribution is 0.0599. The molecule has 37 heavy (non-hydrogen) atoms. The second-order valence-corrected chi connectivity index (χ2v) is 8.92. The second-order valence-electron chi connectivity index (χ2n) is 8.92. The number of nitrogens with one attached hydrogen (secondary N) is 1. The van der Waals surface area contributed by atoms with E-state index in [1.807, 2.05) is 42.5 Å². The third-order valence-electron chi connectivity index (χ3n) is 6.74. The summed E-state index contributed by atoms with van der Waals surface area (Å²) in [6, 6.07) is 22.5. The van der Waals surface area contributed by atoms with Gasteiger partial charge in [0.05, 0.1) is 19.8 Å². The van der Waals surface area contributed by atoms with Crippen LogP contribution in [0.25, 0.3) is 0 Å². The molecule has 190 valence electrons. The van der Waals surface area contributed by atoms with E-state index in [2.05, 4.69) is 35.3 Å². The van der Waals surface area contributed by atoms with Gasteiger partial charge in [0.25, 0.3) is 5.91 Å². The Hall–Kier alpha value is -4.39. The van der Waals surface area contributed by atoms with Crippen molar-refractivity contribution >= 4 is 23.8 Å². The molecule has 3 aromatic carbocycles. The maximum absolute atomic E-state index is 12.5. The molecular formula is C30H31N3O4. The van der Waals surface area contributed by atoms with Crippen molar-refractivity contribution in [3.63, 3.8) is 0 Å². The fraction of sp³-hybridized carbons (Fsp3) is 0.233. The Kier molecular flexibility index (Phi) is 7.72. The Morgan fingerprint density at radius 2 is 1.76 bits per heavy atom. The van der Waals surface area contributed by atoms with Crippen LogP contribution in [0, 0.1) is 0 Å². The lowest BCUT2D eigenvalue weighted by atomic mass is 9.75. The zero-order valence-corrected chi connectivity index (χ0v) is 21.5. The van der Waals surface area contributed by atoms with Crippen LogP contribution in [0.4, 0.5) is 5.69 Å². The van der Waals surface area contributed by atoms with E-state index >= 15 is 0 Å². The van der Waals surface area contributed by atoms with Crippen molar-refractivity contribution in [3.05, 3.63) is 107 Å². The van der Waals surface area contributed by atoms with Gasteiger partial charge in [-0.15, -0.1) is 0 Å². The van der Waals surface area contributed by atoms with Crippen LogP contribution in [-0.4, -0.2) is 38.9 Å². The Morgan fingerprint density at radius 3 is 2.46 bits per heavy atom. The smallest absolute Gasteiger partial charge is 0.338 e. The molecule has 1 atom stereocenters. The van der Waals surface area contributed by atoms with Crippen molar-refractivity contribution in [3.8, 4) is 5.75 Å². The van der Waals surface area contributed by atoms with Crippen molar-refractivity contribution < 1.29 is 19.1 Å². The minimum Gasteiger partial charge on any atom is -0.497 e. The van der Waals surface area contributed by atoms with E-state index in [1.54, 1.807) is 43.7 Å². The number of allylic oxidation sites excluding steroid dienone is 2. The topological polar surface area (TPSA) is 80.2 Å². The molecule has 0 bridgehead atoms. The summed E-state index contributed by atoms with van der Waals surface area (Å²) in [7, 11) is 3.04. The lowest BCUT2D eigenvalue weighted by Crippen LogP contribution is -2.31. The molecule has 1 unspecified atom stereocenters. The number of ether oxygens (including phenoxy) is 2. The standard InChI is InChI=1S/C30H31N3O4/c1-5-33-26-16-15-23(36-3)19-25(26)30(2,20-22-13-9-10-14-24(22)29(35)37-4)27(33)17-18-31-32-28(34)21-11-7-6-8-12-21/h6-19H,5,20H2,1-4H3,(H,32,34)/b27-17-,31-18+. The number of fused-ring (bicyclic) bond motifs is 1. The first-order valence-corrected chi connectivity index (χ1v) is 12.1. The maximum atomic E-state index is 12.5. The van der Waals surface area contributed by atoms with Crippen molar-refractivity contribution in [1.82, 2.24) is 5.43 Å². The van der Waals surface area contributed by atoms with Crippen LogP contribution in [0.15, 0.2) is 89.7 Å². The SMILES string of the molecule is CCN1/C(=C\C=N\NC(=O)c2ccccc2)C(C)(Cc2ccccc2C(=O)OC)c2cc(OC)ccc21. The van der Waals surface area contributed by atoms with E-state index < -0.39 is 5.41 Å². The molecule has 0 radical (unpaired) electrons. The zero-order chi connectivity index (χ0) is 26.4. The number of rotatable bonds is 8. The quantitative estimate of drug-likeness (QED) is 0.265. The molecular weight excluding hydrogens is 466 g/mol. The normalized spacial score (nSPS) is 17.6. The molecule has 0 fully saturated rings. The summed E-state index contributed by atoms with van der Waals surface area (Å²) in [6.45, 7) is 4.96. The number of amides is 1. The Balaban J connectivity index is 1.74. The summed E-state index contributed by atoms with van der Waals surface area (Å²) in [5, 5.41) is 4.18. The molecule has 1 N–H and O–H groups in total. The van der Waals surface area contributed by atoms with Crippen LogP contribution in [0.5, 0.6) is 5.75 Å². The summed E-state index contributed by atoms with van der Waals surface area (Å²) in [4.78, 5) is 27.1. The predicted molar refractivity (Wildman–Crippen MR) is 145 cm³/mol. The summed E-state index contributed by atoms with van der Waals surface area (Å²) >= 11 is 0. The number of hydrogen-bond donors (Lipinski definition) is 1. The van der Waals surface area contributed by atoms with Gasteiger partial charge in [-0.2, -0.15) is 5.10 Å². The molecule has 0 aromatic heterocycles. The summed E-state index contributed by atoms with van der Waals surface area (Å²) in [5.74, 6) is 0.107. The molecule has 0 aliphatic carbocycles. The predicted octanol–water partition coefficient (Wildman–Crippen LogP) is 5.12. The highest BCUT2D eigenvalue weighted by atomic mass is 16.5. The van der Waals surface area contributed by atoms with E-state index in [-0.39, 0.29) is 11.9 Å². The van der Waals surface area contributed by atoms with Gasteiger partial charge in [0.1, 0.15) is 5.75 Å². The zero-order valence-electron chi connectivity index (χ0n) is 21.5. The van der Waals surface area contributed by atoms with Crippen LogP contribution in [-0.2, 0) is 16.6 Å². The molecule has 3 aromatic rings. The van der Waals surface area contributed by atoms with Crippen LogP contribution >= 0.6 is 0 Å². The van der Waals surface area contributed by atoms with E-state index in [9.17, 15) is 9.59 Å². The van der Waals surface area contributed by atoms with Crippen LogP contribution in [0.2, 0.25) is 0 Å². The lowest BCUT2D eigenvalue weighted by Gasteiger charge is -2.30. The van der Waals surface area contributed by atoms with Crippen molar-refractivity contribution in [2.45, 2.75) is 25.7 Å². The number of nitrogens with zero attached hydrogens (tertiary/aromatic N) is 2. The highest BCUT2D eigenvalue weighted by Gasteiger charge is 2.44. The van der Waals surface area contributed by atoms with Gasteiger partial charge in [0.2, 0.25) is 0 Å². The number of methoxy groups -OCH3 is 2. The summed E-state index contributed by atoms with van der Waals surface area (Å²) in [6.07, 6.45) is 4.07. The molecule has 0 spiro atoms. The van der Waals surface area contributed by atoms with Gasteiger partial charge >= 0.3 is 5.97 Å². The Bertz CT molecular complexity index is 1350. The number of hydrogen-bond acceptors (Lipinski definition) is 6. The van der Waals surface area contributed by atoms with Crippen LogP contribution < -0.4 is 15.1 Å². The van der Waals surface area contributed by atoms with Crippen LogP contribution in [0.3, 0.4) is 0 Å². The number of hydrazone groups is 1. The largest absolute Gasteiger partial charge is 0.497 e. The van der Waals surface area contributed by atoms with Crippen molar-refractivity contribution in [2.75, 3.05) is 25.7 Å². The molecule has 1 aliphatic heterocycles. The molecule has 0 saturated carbocycles. The second kappa shape index (κ2) is 11.1. The average Bonchev–Trinajstić information content (AvgIpc) is 3.17. The molecule has 1 aliphatic rings. The van der Waals surface area contributed by atoms with Gasteiger partial charge < -0.3 is 14.4 Å². The number of anilines is 1. The first kappa shape index (κ1) is 25.7. The number of esters is 1. The highest BCUT2D eigenvalue weighted by Crippen LogP contribution is 2.50. The van der Waals surface area contributed by atoms with Crippen molar-refractivity contribution in [2.24, 2.45) is 5.10 Å². The van der Waals surface area contributed by atoms with Gasteiger partial charge in [-0.25, -0.2) is 10.2 Å². The number of likely N-dealkylation sites (N-methyl/N-ethyl adjacent to an activating group) is 1. The van der Waals surface area contributed by atoms with Gasteiger partial charge in [0, 0.05) is 35.1 Å². The van der Waals surface area contributed by atoms with E-state index in [0.29, 0.717) is 17.5 Å². The fourth-order valence-electron chi connectivity index (χ4n) is 4.91. The molecule has 0 saturated heterocycles. The summed E-state index contributed by atoms with van der Waals surface area (Å²) in [5.41, 5.74) is 7.17. The molecule has 4 rings (SSSR count). The number of carbonyl (C=O) groups is 2. The molecule has 1 heterocycles. The minimum atomic E-state index is -0.514. The first-order valence-electron chi connectivity index (χ1n) is 12.1. The number of carbonyl (C=O) groups excluding carboxylic acids is 2. The highest BCUT2D eigenvalue weighted by molar-refractivity contribution is 5.94. The molecule has 7 heteroatoms. The van der Waals surface area contributed by atoms with Gasteiger partial charge in [-0.1, -0.05) is 36.4 Å². The van der Waals surface area contributed by atoms with E-state index in [1.165, 1.54) is 7.11 Å². The number of benzene rings is 3. The third kappa shape index (κ3) is 5.11. The first-order chi connectivity index (χ1) is 17.9. The van der Waals surface area contributed by atoms with Crippen LogP contribution in [0.1, 0.15) is 45.7 Å². The Labute approximate surface area is 217 Å². The third-order valence-corrected chi connectivity index (χ3v) is 6.74. The van der Waals surface area contributed by atoms with Crippen molar-refractivity contribution in [1.29, 1.82) is 0 Å². The van der Waals surface area contributed by atoms with Gasteiger partial charge in [-0.05, 0) is 73.9 Å². The summed E-state index contributed by atoms with van der Waals surface area (Å²) < 4.78 is 10.6. The van der Waals surface area contributed by atoms with Gasteiger partial charge in [-0.3, -0.25) is 4.79 Å². The van der Waals surface area contributed by atoms with E-state index in [4.69, 9.17) is 9.47 Å². The fourth-order valence-corrected chi connectivity index (χ4v) is 4.91. The average molecular weight is 498 g/mol. The Morgan fingerprint density at radius 1 is 1.03 bits per heavy atom. The monoisotopic (exact) mass is 497 g/mol. The molecule has 7 nitrogen and oxygen atoms in total. The van der Waals surface area contributed by atoms with E-state index in [0.717, 1.165) is 34.8 Å².